The number of carbonyl (C=O) groups is 1. The molecule has 0 spiro atoms. The standard InChI is InChI=1S/C13H17ClFNO4S/c1-4-7-13(2,12(17)20-3)16-21(18,19)11-8-9(15)5-6-10(11)14/h5-6,8,16H,4,7H2,1-3H3. The number of carbonyl (C=O) groups excluding carboxylic acids is 1. The van der Waals surface area contributed by atoms with Gasteiger partial charge in [-0.15, -0.1) is 0 Å². The van der Waals surface area contributed by atoms with Crippen molar-refractivity contribution >= 4 is 27.6 Å². The van der Waals surface area contributed by atoms with Gasteiger partial charge in [0, 0.05) is 0 Å². The number of rotatable bonds is 6. The molecule has 0 fully saturated rings. The van der Waals surface area contributed by atoms with Crippen LogP contribution in [0.25, 0.3) is 0 Å². The van der Waals surface area contributed by atoms with Crippen molar-refractivity contribution in [3.8, 4) is 0 Å². The van der Waals surface area contributed by atoms with Crippen molar-refractivity contribution in [1.82, 2.24) is 4.72 Å². The third kappa shape index (κ3) is 4.15. The Hall–Kier alpha value is -1.18. The van der Waals surface area contributed by atoms with Gasteiger partial charge >= 0.3 is 5.97 Å². The minimum absolute atomic E-state index is 0.132. The largest absolute Gasteiger partial charge is 0.468 e. The molecule has 5 nitrogen and oxygen atoms in total. The van der Waals surface area contributed by atoms with Crippen molar-refractivity contribution in [3.63, 3.8) is 0 Å². The third-order valence-corrected chi connectivity index (χ3v) is 5.01. The maximum Gasteiger partial charge on any atom is 0.326 e. The van der Waals surface area contributed by atoms with E-state index in [0.29, 0.717) is 6.42 Å². The second-order valence-electron chi connectivity index (χ2n) is 4.75. The molecule has 0 saturated carbocycles. The second kappa shape index (κ2) is 6.72. The highest BCUT2D eigenvalue weighted by Gasteiger charge is 2.38. The van der Waals surface area contributed by atoms with Crippen LogP contribution in [0.4, 0.5) is 4.39 Å². The number of benzene rings is 1. The highest BCUT2D eigenvalue weighted by atomic mass is 35.5. The van der Waals surface area contributed by atoms with Crippen LogP contribution in [0.3, 0.4) is 0 Å². The summed E-state index contributed by atoms with van der Waals surface area (Å²) in [5, 5.41) is -0.132. The van der Waals surface area contributed by atoms with Crippen molar-refractivity contribution in [2.45, 2.75) is 37.1 Å². The first-order valence-electron chi connectivity index (χ1n) is 6.23. The fraction of sp³-hybridized carbons (Fsp3) is 0.462. The van der Waals surface area contributed by atoms with Gasteiger partial charge in [-0.3, -0.25) is 4.79 Å². The fourth-order valence-corrected chi connectivity index (χ4v) is 3.86. The Balaban J connectivity index is 3.24. The first-order chi connectivity index (χ1) is 9.66. The van der Waals surface area contributed by atoms with E-state index >= 15 is 0 Å². The van der Waals surface area contributed by atoms with Crippen LogP contribution in [0.2, 0.25) is 5.02 Å². The van der Waals surface area contributed by atoms with Crippen molar-refractivity contribution in [1.29, 1.82) is 0 Å². The Morgan fingerprint density at radius 2 is 2.10 bits per heavy atom. The van der Waals surface area contributed by atoms with Crippen LogP contribution in [-0.4, -0.2) is 27.0 Å². The summed E-state index contributed by atoms with van der Waals surface area (Å²) in [7, 11) is -3.00. The van der Waals surface area contributed by atoms with Gasteiger partial charge < -0.3 is 4.74 Å². The Labute approximate surface area is 128 Å². The van der Waals surface area contributed by atoms with Crippen LogP contribution >= 0.6 is 11.6 Å². The monoisotopic (exact) mass is 337 g/mol. The average molecular weight is 338 g/mol. The molecule has 0 amide bonds. The van der Waals surface area contributed by atoms with E-state index in [1.54, 1.807) is 6.92 Å². The van der Waals surface area contributed by atoms with E-state index in [2.05, 4.69) is 9.46 Å². The maximum absolute atomic E-state index is 13.2. The molecular formula is C13H17ClFNO4S. The van der Waals surface area contributed by atoms with Gasteiger partial charge in [0.25, 0.3) is 0 Å². The quantitative estimate of drug-likeness (QED) is 0.809. The SMILES string of the molecule is CCCC(C)(NS(=O)(=O)c1cc(F)ccc1Cl)C(=O)OC. The lowest BCUT2D eigenvalue weighted by atomic mass is 9.98. The zero-order valence-electron chi connectivity index (χ0n) is 11.9. The number of halogens is 2. The molecule has 21 heavy (non-hydrogen) atoms. The molecule has 8 heteroatoms. The number of nitrogens with one attached hydrogen (secondary N) is 1. The van der Waals surface area contributed by atoms with E-state index in [9.17, 15) is 17.6 Å². The summed E-state index contributed by atoms with van der Waals surface area (Å²) >= 11 is 5.80. The van der Waals surface area contributed by atoms with Crippen molar-refractivity contribution < 1.29 is 22.3 Å². The van der Waals surface area contributed by atoms with Gasteiger partial charge in [-0.1, -0.05) is 24.9 Å². The first-order valence-corrected chi connectivity index (χ1v) is 8.10. The summed E-state index contributed by atoms with van der Waals surface area (Å²) < 4.78 is 44.8. The average Bonchev–Trinajstić information content (AvgIpc) is 2.40. The van der Waals surface area contributed by atoms with Gasteiger partial charge in [0.1, 0.15) is 16.3 Å². The molecule has 0 saturated heterocycles. The molecule has 1 atom stereocenters. The number of methoxy groups -OCH3 is 1. The molecule has 0 aliphatic carbocycles. The fourth-order valence-electron chi connectivity index (χ4n) is 1.95. The number of ether oxygens (including phenoxy) is 1. The Bertz CT molecular complexity index is 635. The van der Waals surface area contributed by atoms with Crippen LogP contribution in [0.1, 0.15) is 26.7 Å². The summed E-state index contributed by atoms with van der Waals surface area (Å²) in [6.45, 7) is 3.21. The lowest BCUT2D eigenvalue weighted by Gasteiger charge is -2.27. The number of sulfonamides is 1. The van der Waals surface area contributed by atoms with Crippen LogP contribution in [0.15, 0.2) is 23.1 Å². The molecule has 1 unspecified atom stereocenters. The van der Waals surface area contributed by atoms with E-state index < -0.39 is 32.2 Å². The second-order valence-corrected chi connectivity index (χ2v) is 6.81. The summed E-state index contributed by atoms with van der Waals surface area (Å²) in [5.74, 6) is -1.46. The highest BCUT2D eigenvalue weighted by molar-refractivity contribution is 7.89. The zero-order valence-corrected chi connectivity index (χ0v) is 13.5. The molecule has 1 rings (SSSR count). The molecule has 1 aromatic rings. The van der Waals surface area contributed by atoms with E-state index in [0.717, 1.165) is 18.2 Å². The predicted octanol–water partition coefficient (Wildman–Crippen LogP) is 2.49. The first kappa shape index (κ1) is 17.9. The highest BCUT2D eigenvalue weighted by Crippen LogP contribution is 2.25. The van der Waals surface area contributed by atoms with Gasteiger partial charge in [0.2, 0.25) is 10.0 Å². The maximum atomic E-state index is 13.2. The van der Waals surface area contributed by atoms with Crippen LogP contribution in [-0.2, 0) is 19.6 Å². The van der Waals surface area contributed by atoms with Crippen LogP contribution in [0.5, 0.6) is 0 Å². The molecule has 1 aromatic carbocycles. The number of hydrogen-bond donors (Lipinski definition) is 1. The zero-order chi connectivity index (χ0) is 16.3. The Kier molecular flexibility index (Phi) is 5.72. The summed E-state index contributed by atoms with van der Waals surface area (Å²) in [6, 6.07) is 2.99. The topological polar surface area (TPSA) is 72.5 Å². The van der Waals surface area contributed by atoms with Gasteiger partial charge in [-0.25, -0.2) is 12.8 Å². The molecule has 0 aromatic heterocycles. The lowest BCUT2D eigenvalue weighted by Crippen LogP contribution is -2.52. The lowest BCUT2D eigenvalue weighted by molar-refractivity contribution is -0.147. The molecule has 0 bridgehead atoms. The van der Waals surface area contributed by atoms with E-state index in [1.165, 1.54) is 14.0 Å². The van der Waals surface area contributed by atoms with Crippen LogP contribution in [0, 0.1) is 5.82 Å². The smallest absolute Gasteiger partial charge is 0.326 e. The summed E-state index contributed by atoms with van der Waals surface area (Å²) in [5.41, 5.74) is -1.45. The Morgan fingerprint density at radius 3 is 2.62 bits per heavy atom. The molecular weight excluding hydrogens is 321 g/mol. The normalized spacial score (nSPS) is 14.5. The van der Waals surface area contributed by atoms with Gasteiger partial charge in [0.05, 0.1) is 12.1 Å². The predicted molar refractivity (Wildman–Crippen MR) is 77.1 cm³/mol. The molecule has 1 N–H and O–H groups in total. The molecule has 0 aliphatic heterocycles. The summed E-state index contributed by atoms with van der Waals surface area (Å²) in [4.78, 5) is 11.4. The molecule has 0 radical (unpaired) electrons. The Morgan fingerprint density at radius 1 is 1.48 bits per heavy atom. The van der Waals surface area contributed by atoms with E-state index in [1.807, 2.05) is 0 Å². The number of esters is 1. The molecule has 0 heterocycles. The van der Waals surface area contributed by atoms with Crippen molar-refractivity contribution in [2.24, 2.45) is 0 Å². The van der Waals surface area contributed by atoms with Gasteiger partial charge in [-0.05, 0) is 31.5 Å². The third-order valence-electron chi connectivity index (χ3n) is 2.93. The van der Waals surface area contributed by atoms with E-state index in [-0.39, 0.29) is 11.4 Å². The summed E-state index contributed by atoms with van der Waals surface area (Å²) in [6.07, 6.45) is 0.775. The molecule has 118 valence electrons. The number of hydrogen-bond acceptors (Lipinski definition) is 4. The minimum atomic E-state index is -4.17. The van der Waals surface area contributed by atoms with Crippen molar-refractivity contribution in [3.05, 3.63) is 29.0 Å². The van der Waals surface area contributed by atoms with E-state index in [4.69, 9.17) is 11.6 Å². The van der Waals surface area contributed by atoms with Crippen molar-refractivity contribution in [2.75, 3.05) is 7.11 Å². The van der Waals surface area contributed by atoms with Crippen LogP contribution < -0.4 is 4.72 Å². The van der Waals surface area contributed by atoms with Gasteiger partial charge in [0.15, 0.2) is 0 Å². The van der Waals surface area contributed by atoms with Gasteiger partial charge in [-0.2, -0.15) is 4.72 Å². The minimum Gasteiger partial charge on any atom is -0.468 e. The molecule has 0 aliphatic rings.